The molecule has 0 aromatic heterocycles. The smallest absolute Gasteiger partial charge is 0.336 e. The Morgan fingerprint density at radius 1 is 1.11 bits per heavy atom. The van der Waals surface area contributed by atoms with Crippen LogP contribution < -0.4 is 0 Å². The van der Waals surface area contributed by atoms with Crippen molar-refractivity contribution in [2.75, 3.05) is 20.3 Å². The van der Waals surface area contributed by atoms with E-state index in [2.05, 4.69) is 13.8 Å². The average molecular weight is 539 g/mol. The molecule has 11 nitrogen and oxygen atoms in total. The summed E-state index contributed by atoms with van der Waals surface area (Å²) in [6.45, 7) is 4.10. The highest BCUT2D eigenvalue weighted by atomic mass is 16.7. The lowest BCUT2D eigenvalue weighted by atomic mass is 9.46. The maximum Gasteiger partial charge on any atom is 0.336 e. The van der Waals surface area contributed by atoms with Gasteiger partial charge in [0, 0.05) is 23.7 Å². The summed E-state index contributed by atoms with van der Waals surface area (Å²) in [4.78, 5) is 25.3. The van der Waals surface area contributed by atoms with Gasteiger partial charge < -0.3 is 44.1 Å². The minimum absolute atomic E-state index is 0.0451. The predicted molar refractivity (Wildman–Crippen MR) is 129 cm³/mol. The van der Waals surface area contributed by atoms with Gasteiger partial charge in [0.05, 0.1) is 12.7 Å². The molecule has 0 radical (unpaired) electrons. The Bertz CT molecular complexity index is 1010. The second kappa shape index (κ2) is 10.3. The second-order valence-electron chi connectivity index (χ2n) is 11.6. The number of ether oxygens (including phenoxy) is 5. The average Bonchev–Trinajstić information content (AvgIpc) is 3.44. The van der Waals surface area contributed by atoms with Crippen molar-refractivity contribution in [1.82, 2.24) is 0 Å². The zero-order valence-corrected chi connectivity index (χ0v) is 21.9. The highest BCUT2D eigenvalue weighted by molar-refractivity contribution is 5.93. The number of aliphatic hydroxyl groups excluding tert-OH is 4. The lowest BCUT2D eigenvalue weighted by Gasteiger charge is -2.57. The zero-order valence-electron chi connectivity index (χ0n) is 21.9. The van der Waals surface area contributed by atoms with Crippen LogP contribution in [0, 0.1) is 22.7 Å². The van der Waals surface area contributed by atoms with Crippen molar-refractivity contribution in [2.45, 2.75) is 89.1 Å². The predicted octanol–water partition coefficient (Wildman–Crippen LogP) is 0.333. The van der Waals surface area contributed by atoms with Crippen LogP contribution in [0.5, 0.6) is 0 Å². The molecule has 2 saturated heterocycles. The van der Waals surface area contributed by atoms with Gasteiger partial charge in [-0.3, -0.25) is 0 Å². The molecule has 0 bridgehead atoms. The SMILES string of the molecule is CO[C@@H]1C=C(CC[C@]2(C)[C@H](C)CC[C@@]34COC(=O)C3=C[C@@H](O[C@@H]3O[C@H](CO)[C@@H](O)[C@H](O)[C@H]3O)C[C@@H]42)C(=O)O1. The van der Waals surface area contributed by atoms with Crippen LogP contribution in [0.15, 0.2) is 23.3 Å². The number of carbonyl (C=O) groups is 2. The van der Waals surface area contributed by atoms with Gasteiger partial charge in [-0.1, -0.05) is 13.8 Å². The van der Waals surface area contributed by atoms with Crippen molar-refractivity contribution in [3.63, 3.8) is 0 Å². The molecule has 212 valence electrons. The van der Waals surface area contributed by atoms with E-state index >= 15 is 0 Å². The Hall–Kier alpha value is -1.86. The van der Waals surface area contributed by atoms with E-state index in [1.54, 1.807) is 12.2 Å². The van der Waals surface area contributed by atoms with E-state index in [0.29, 0.717) is 30.4 Å². The molecule has 0 unspecified atom stereocenters. The van der Waals surface area contributed by atoms with Gasteiger partial charge in [-0.15, -0.1) is 0 Å². The minimum Gasteiger partial charge on any atom is -0.461 e. The first-order valence-corrected chi connectivity index (χ1v) is 13.3. The number of aliphatic hydroxyl groups is 4. The van der Waals surface area contributed by atoms with Crippen molar-refractivity contribution in [1.29, 1.82) is 0 Å². The first kappa shape index (κ1) is 27.7. The fourth-order valence-electron chi connectivity index (χ4n) is 7.24. The minimum atomic E-state index is -1.56. The molecule has 0 amide bonds. The molecule has 3 aliphatic heterocycles. The number of carbonyl (C=O) groups excluding carboxylic acids is 2. The van der Waals surface area contributed by atoms with Crippen LogP contribution in [0.3, 0.4) is 0 Å². The third-order valence-corrected chi connectivity index (χ3v) is 9.80. The Morgan fingerprint density at radius 2 is 1.87 bits per heavy atom. The highest BCUT2D eigenvalue weighted by Gasteiger charge is 2.62. The van der Waals surface area contributed by atoms with E-state index in [1.165, 1.54) is 7.11 Å². The third-order valence-electron chi connectivity index (χ3n) is 9.80. The van der Waals surface area contributed by atoms with Gasteiger partial charge >= 0.3 is 11.9 Å². The van der Waals surface area contributed by atoms with Gasteiger partial charge in [0.2, 0.25) is 6.29 Å². The first-order valence-electron chi connectivity index (χ1n) is 13.3. The van der Waals surface area contributed by atoms with Crippen LogP contribution in [-0.2, 0) is 33.3 Å². The number of esters is 2. The van der Waals surface area contributed by atoms with Crippen LogP contribution in [0.25, 0.3) is 0 Å². The topological polar surface area (TPSA) is 161 Å². The Labute approximate surface area is 221 Å². The number of methoxy groups -OCH3 is 1. The van der Waals surface area contributed by atoms with Crippen molar-refractivity contribution in [2.24, 2.45) is 22.7 Å². The lowest BCUT2D eigenvalue weighted by Crippen LogP contribution is -2.60. The van der Waals surface area contributed by atoms with Crippen molar-refractivity contribution < 1.29 is 53.7 Å². The van der Waals surface area contributed by atoms with E-state index in [-0.39, 0.29) is 35.8 Å². The molecule has 3 heterocycles. The summed E-state index contributed by atoms with van der Waals surface area (Å²) in [5.74, 6) is -0.543. The summed E-state index contributed by atoms with van der Waals surface area (Å²) >= 11 is 0. The van der Waals surface area contributed by atoms with Gasteiger partial charge in [-0.05, 0) is 61.5 Å². The maximum atomic E-state index is 12.9. The molecular weight excluding hydrogens is 500 g/mol. The molecule has 0 aromatic rings. The normalized spacial score (nSPS) is 46.6. The molecule has 11 heteroatoms. The van der Waals surface area contributed by atoms with Crippen LogP contribution >= 0.6 is 0 Å². The fourth-order valence-corrected chi connectivity index (χ4v) is 7.24. The van der Waals surface area contributed by atoms with Gasteiger partial charge in [-0.2, -0.15) is 0 Å². The van der Waals surface area contributed by atoms with Crippen LogP contribution in [0.4, 0.5) is 0 Å². The third kappa shape index (κ3) is 4.42. The first-order chi connectivity index (χ1) is 18.0. The molecular formula is C27H38O11. The summed E-state index contributed by atoms with van der Waals surface area (Å²) in [5, 5.41) is 40.4. The Balaban J connectivity index is 1.42. The quantitative estimate of drug-likeness (QED) is 0.331. The van der Waals surface area contributed by atoms with Gasteiger partial charge in [-0.25, -0.2) is 9.59 Å². The molecule has 5 rings (SSSR count). The summed E-state index contributed by atoms with van der Waals surface area (Å²) < 4.78 is 27.6. The highest BCUT2D eigenvalue weighted by Crippen LogP contribution is 2.64. The van der Waals surface area contributed by atoms with Gasteiger partial charge in [0.25, 0.3) is 0 Å². The molecule has 38 heavy (non-hydrogen) atoms. The standard InChI is InChI=1S/C27H38O11/c1-13-4-7-27-12-35-24(33)16(27)9-15(36-25-22(31)21(30)20(29)17(11-28)37-25)10-18(27)26(13,2)6-5-14-8-19(34-3)38-23(14)32/h8-9,13,15,17-22,25,28-31H,4-7,10-12H2,1-3H3/t13-,15-,17-,18-,19+,20-,21+,22-,25-,26-,27-/m1/s1. The van der Waals surface area contributed by atoms with Gasteiger partial charge in [0.15, 0.2) is 6.29 Å². The largest absolute Gasteiger partial charge is 0.461 e. The maximum absolute atomic E-state index is 12.9. The molecule has 11 atom stereocenters. The molecule has 1 spiro atoms. The monoisotopic (exact) mass is 538 g/mol. The molecule has 3 fully saturated rings. The Kier molecular flexibility index (Phi) is 7.49. The van der Waals surface area contributed by atoms with Crippen LogP contribution in [-0.4, -0.2) is 95.8 Å². The molecule has 4 N–H and O–H groups in total. The van der Waals surface area contributed by atoms with E-state index in [0.717, 1.165) is 12.8 Å². The summed E-state index contributed by atoms with van der Waals surface area (Å²) in [7, 11) is 1.48. The molecule has 0 aromatic carbocycles. The summed E-state index contributed by atoms with van der Waals surface area (Å²) in [5.41, 5.74) is 0.354. The summed E-state index contributed by atoms with van der Waals surface area (Å²) in [6, 6.07) is 0. The van der Waals surface area contributed by atoms with E-state index in [4.69, 9.17) is 23.7 Å². The van der Waals surface area contributed by atoms with E-state index in [1.807, 2.05) is 0 Å². The van der Waals surface area contributed by atoms with Crippen molar-refractivity contribution in [3.05, 3.63) is 23.3 Å². The van der Waals surface area contributed by atoms with E-state index in [9.17, 15) is 30.0 Å². The lowest BCUT2D eigenvalue weighted by molar-refractivity contribution is -0.310. The molecule has 5 aliphatic rings. The number of hydrogen-bond acceptors (Lipinski definition) is 11. The van der Waals surface area contributed by atoms with Gasteiger partial charge in [0.1, 0.15) is 31.0 Å². The Morgan fingerprint density at radius 3 is 2.55 bits per heavy atom. The summed E-state index contributed by atoms with van der Waals surface area (Å²) in [6.07, 6.45) is -1.54. The fraction of sp³-hybridized carbons (Fsp3) is 0.778. The van der Waals surface area contributed by atoms with E-state index < -0.39 is 55.1 Å². The second-order valence-corrected chi connectivity index (χ2v) is 11.6. The number of hydrogen-bond donors (Lipinski definition) is 4. The number of rotatable bonds is 7. The van der Waals surface area contributed by atoms with Crippen molar-refractivity contribution in [3.8, 4) is 0 Å². The van der Waals surface area contributed by atoms with Crippen molar-refractivity contribution >= 4 is 11.9 Å². The van der Waals surface area contributed by atoms with Crippen LogP contribution in [0.2, 0.25) is 0 Å². The molecule has 2 aliphatic carbocycles. The number of cyclic esters (lactones) is 2. The zero-order chi connectivity index (χ0) is 27.4. The molecule has 1 saturated carbocycles. The van der Waals surface area contributed by atoms with Crippen LogP contribution in [0.1, 0.15) is 46.0 Å².